The largest absolute Gasteiger partial charge is 0.178 e. The lowest BCUT2D eigenvalue weighted by molar-refractivity contribution is 0.859. The molecule has 0 spiro atoms. The van der Waals surface area contributed by atoms with Crippen LogP contribution in [0.25, 0.3) is 0 Å². The van der Waals surface area contributed by atoms with E-state index in [0.29, 0.717) is 15.7 Å². The molecule has 0 aromatic rings. The Balaban J connectivity index is 2.34. The minimum atomic E-state index is 0.378. The number of rotatable bonds is 6. The summed E-state index contributed by atoms with van der Waals surface area (Å²) in [5, 5.41) is 1.38. The first-order valence-corrected chi connectivity index (χ1v) is 9.28. The molecule has 1 heterocycles. The molecule has 0 nitrogen and oxygen atoms in total. The summed E-state index contributed by atoms with van der Waals surface area (Å²) >= 11 is 17.4. The van der Waals surface area contributed by atoms with Crippen LogP contribution in [0.4, 0.5) is 0 Å². The summed E-state index contributed by atoms with van der Waals surface area (Å²) < 4.78 is 0. The van der Waals surface area contributed by atoms with Crippen molar-refractivity contribution in [2.24, 2.45) is 0 Å². The maximum Gasteiger partial charge on any atom is 0.0356 e. The molecule has 0 fully saturated rings. The Morgan fingerprint density at radius 3 is 2.47 bits per heavy atom. The fraction of sp³-hybridized carbons (Fsp3) is 0.778. The molecule has 0 bridgehead atoms. The zero-order valence-electron chi connectivity index (χ0n) is 8.24. The Hall–Kier alpha value is 1.84. The van der Waals surface area contributed by atoms with Crippen molar-refractivity contribution in [1.82, 2.24) is 0 Å². The average Bonchev–Trinajstić information content (AvgIpc) is 2.65. The van der Waals surface area contributed by atoms with Gasteiger partial charge in [-0.2, -0.15) is 50.5 Å². The topological polar surface area (TPSA) is 0 Å². The molecule has 88 valence electrons. The van der Waals surface area contributed by atoms with Gasteiger partial charge in [0.25, 0.3) is 0 Å². The SMILES string of the molecule is SCC(S)CC1=CC(CC(S)CS)SS1. The van der Waals surface area contributed by atoms with Crippen molar-refractivity contribution < 1.29 is 0 Å². The van der Waals surface area contributed by atoms with Gasteiger partial charge in [0.1, 0.15) is 0 Å². The Morgan fingerprint density at radius 2 is 1.87 bits per heavy atom. The molecule has 0 N–H and O–H groups in total. The lowest BCUT2D eigenvalue weighted by Gasteiger charge is -2.09. The smallest absolute Gasteiger partial charge is 0.0356 e. The van der Waals surface area contributed by atoms with E-state index in [1.165, 1.54) is 4.91 Å². The van der Waals surface area contributed by atoms with Gasteiger partial charge in [-0.1, -0.05) is 27.7 Å². The van der Waals surface area contributed by atoms with Gasteiger partial charge in [0.05, 0.1) is 0 Å². The highest BCUT2D eigenvalue weighted by Gasteiger charge is 2.20. The number of hydrogen-bond donors (Lipinski definition) is 4. The Kier molecular flexibility index (Phi) is 7.98. The van der Waals surface area contributed by atoms with Crippen LogP contribution in [0.5, 0.6) is 0 Å². The van der Waals surface area contributed by atoms with Crippen LogP contribution in [0.2, 0.25) is 0 Å². The van der Waals surface area contributed by atoms with Gasteiger partial charge in [-0.3, -0.25) is 0 Å². The molecule has 0 aromatic heterocycles. The summed E-state index contributed by atoms with van der Waals surface area (Å²) in [5.41, 5.74) is 0. The average molecular weight is 317 g/mol. The predicted molar refractivity (Wildman–Crippen MR) is 89.5 cm³/mol. The third kappa shape index (κ3) is 5.82. The van der Waals surface area contributed by atoms with Crippen LogP contribution in [0.3, 0.4) is 0 Å². The highest BCUT2D eigenvalue weighted by Crippen LogP contribution is 2.46. The fourth-order valence-electron chi connectivity index (χ4n) is 1.24. The molecule has 15 heavy (non-hydrogen) atoms. The highest BCUT2D eigenvalue weighted by molar-refractivity contribution is 8.78. The first-order chi connectivity index (χ1) is 7.15. The quantitative estimate of drug-likeness (QED) is 0.434. The van der Waals surface area contributed by atoms with Crippen molar-refractivity contribution in [2.45, 2.75) is 28.6 Å². The van der Waals surface area contributed by atoms with Gasteiger partial charge in [0.2, 0.25) is 0 Å². The second-order valence-electron chi connectivity index (χ2n) is 3.46. The maximum atomic E-state index is 4.47. The maximum absolute atomic E-state index is 4.47. The van der Waals surface area contributed by atoms with Gasteiger partial charge in [0.15, 0.2) is 0 Å². The monoisotopic (exact) mass is 316 g/mol. The number of hydrogen-bond acceptors (Lipinski definition) is 6. The molecule has 0 radical (unpaired) electrons. The van der Waals surface area contributed by atoms with Gasteiger partial charge in [-0.05, 0) is 17.7 Å². The van der Waals surface area contributed by atoms with Crippen LogP contribution < -0.4 is 0 Å². The Labute approximate surface area is 122 Å². The summed E-state index contributed by atoms with van der Waals surface area (Å²) in [5.74, 6) is 1.68. The van der Waals surface area contributed by atoms with Crippen molar-refractivity contribution in [2.75, 3.05) is 11.5 Å². The summed E-state index contributed by atoms with van der Waals surface area (Å²) in [6, 6.07) is 0. The predicted octanol–water partition coefficient (Wildman–Crippen LogP) is 3.87. The summed E-state index contributed by atoms with van der Waals surface area (Å²) in [6.45, 7) is 0. The van der Waals surface area contributed by atoms with Gasteiger partial charge >= 0.3 is 0 Å². The second kappa shape index (κ2) is 8.03. The van der Waals surface area contributed by atoms with Gasteiger partial charge in [0, 0.05) is 27.3 Å². The molecule has 3 atom stereocenters. The number of allylic oxidation sites excluding steroid dienone is 1. The van der Waals surface area contributed by atoms with E-state index in [4.69, 9.17) is 0 Å². The highest BCUT2D eigenvalue weighted by atomic mass is 33.1. The van der Waals surface area contributed by atoms with Crippen molar-refractivity contribution >= 4 is 72.1 Å². The molecule has 0 aliphatic carbocycles. The summed E-state index contributed by atoms with van der Waals surface area (Å²) in [6.07, 6.45) is 4.50. The van der Waals surface area contributed by atoms with Crippen LogP contribution in [0.1, 0.15) is 12.8 Å². The molecule has 1 rings (SSSR count). The lowest BCUT2D eigenvalue weighted by Crippen LogP contribution is -2.08. The molecular weight excluding hydrogens is 301 g/mol. The van der Waals surface area contributed by atoms with E-state index in [1.807, 2.05) is 21.6 Å². The van der Waals surface area contributed by atoms with Crippen molar-refractivity contribution in [1.29, 1.82) is 0 Å². The van der Waals surface area contributed by atoms with Crippen LogP contribution >= 0.6 is 72.1 Å². The first kappa shape index (κ1) is 14.9. The fourth-order valence-corrected chi connectivity index (χ4v) is 5.07. The van der Waals surface area contributed by atoms with Gasteiger partial charge in [-0.15, -0.1) is 0 Å². The van der Waals surface area contributed by atoms with Crippen molar-refractivity contribution in [3.05, 3.63) is 11.0 Å². The van der Waals surface area contributed by atoms with Crippen LogP contribution in [0, 0.1) is 0 Å². The summed E-state index contributed by atoms with van der Waals surface area (Å²) in [4.78, 5) is 1.44. The van der Waals surface area contributed by atoms with E-state index in [2.05, 4.69) is 56.6 Å². The van der Waals surface area contributed by atoms with Crippen LogP contribution in [-0.4, -0.2) is 27.3 Å². The van der Waals surface area contributed by atoms with E-state index < -0.39 is 0 Å². The standard InChI is InChI=1S/C9H16S6/c10-4-6(12)1-8-3-9(15-14-8)2-7(13)5-11/h3,6-8,10-13H,1-2,4-5H2. The van der Waals surface area contributed by atoms with Gasteiger partial charge in [-0.25, -0.2) is 0 Å². The molecule has 0 saturated carbocycles. The molecule has 0 aromatic carbocycles. The van der Waals surface area contributed by atoms with E-state index in [-0.39, 0.29) is 0 Å². The molecule has 0 amide bonds. The van der Waals surface area contributed by atoms with E-state index in [0.717, 1.165) is 24.3 Å². The zero-order valence-corrected chi connectivity index (χ0v) is 13.5. The third-order valence-corrected chi connectivity index (χ3v) is 7.09. The van der Waals surface area contributed by atoms with Crippen molar-refractivity contribution in [3.63, 3.8) is 0 Å². The van der Waals surface area contributed by atoms with E-state index in [9.17, 15) is 0 Å². The molecule has 1 aliphatic rings. The zero-order chi connectivity index (χ0) is 11.3. The summed E-state index contributed by atoms with van der Waals surface area (Å²) in [7, 11) is 3.81. The Morgan fingerprint density at radius 1 is 1.20 bits per heavy atom. The number of thiol groups is 4. The van der Waals surface area contributed by atoms with E-state index >= 15 is 0 Å². The lowest BCUT2D eigenvalue weighted by atomic mass is 10.2. The minimum Gasteiger partial charge on any atom is -0.178 e. The van der Waals surface area contributed by atoms with Crippen LogP contribution in [-0.2, 0) is 0 Å². The molecule has 1 aliphatic heterocycles. The van der Waals surface area contributed by atoms with E-state index in [1.54, 1.807) is 0 Å². The molecule has 0 saturated heterocycles. The molecular formula is C9H16S6. The normalized spacial score (nSPS) is 25.1. The minimum absolute atomic E-state index is 0.378. The second-order valence-corrected chi connectivity index (χ2v) is 8.22. The molecule has 3 unspecified atom stereocenters. The van der Waals surface area contributed by atoms with Gasteiger partial charge < -0.3 is 0 Å². The van der Waals surface area contributed by atoms with Crippen molar-refractivity contribution in [3.8, 4) is 0 Å². The molecule has 6 heteroatoms. The van der Waals surface area contributed by atoms with Crippen LogP contribution in [0.15, 0.2) is 11.0 Å². The Bertz CT molecular complexity index is 217. The first-order valence-electron chi connectivity index (χ1n) is 4.77. The third-order valence-electron chi connectivity index (χ3n) is 2.01.